The van der Waals surface area contributed by atoms with Crippen molar-refractivity contribution in [3.8, 4) is 6.07 Å². The summed E-state index contributed by atoms with van der Waals surface area (Å²) in [5, 5.41) is 11.7. The number of ether oxygens (including phenoxy) is 1. The molecule has 0 radical (unpaired) electrons. The molecule has 0 saturated carbocycles. The van der Waals surface area contributed by atoms with Crippen molar-refractivity contribution in [1.29, 1.82) is 5.26 Å². The molecule has 0 bridgehead atoms. The first-order valence-corrected chi connectivity index (χ1v) is 6.32. The molecule has 0 aromatic heterocycles. The fourth-order valence-electron chi connectivity index (χ4n) is 1.71. The van der Waals surface area contributed by atoms with Crippen molar-refractivity contribution in [2.24, 2.45) is 0 Å². The van der Waals surface area contributed by atoms with E-state index >= 15 is 0 Å². The molecule has 1 atom stereocenters. The third-order valence-electron chi connectivity index (χ3n) is 2.74. The predicted octanol–water partition coefficient (Wildman–Crippen LogP) is 3.64. The van der Waals surface area contributed by atoms with Crippen molar-refractivity contribution in [3.05, 3.63) is 59.9 Å². The number of hydrogen-bond acceptors (Lipinski definition) is 4. The number of para-hydroxylation sites is 1. The van der Waals surface area contributed by atoms with Crippen LogP contribution in [0.5, 0.6) is 0 Å². The molecule has 1 N–H and O–H groups in total. The average Bonchev–Trinajstić information content (AvgIpc) is 2.50. The van der Waals surface area contributed by atoms with Gasteiger partial charge in [0.05, 0.1) is 11.3 Å². The largest absolute Gasteiger partial charge is 0.444 e. The van der Waals surface area contributed by atoms with Crippen molar-refractivity contribution in [2.45, 2.75) is 13.0 Å². The Labute approximate surface area is 121 Å². The topological polar surface area (TPSA) is 62.1 Å². The van der Waals surface area contributed by atoms with Crippen LogP contribution in [0.1, 0.15) is 17.3 Å². The molecule has 4 nitrogen and oxygen atoms in total. The first-order valence-electron chi connectivity index (χ1n) is 6.32. The first-order chi connectivity index (χ1) is 10.1. The summed E-state index contributed by atoms with van der Waals surface area (Å²) in [6.45, 7) is 1.49. The number of esters is 1. The maximum Gasteiger partial charge on any atom is 0.341 e. The summed E-state index contributed by atoms with van der Waals surface area (Å²) in [6, 6.07) is 14.4. The van der Waals surface area contributed by atoms with Gasteiger partial charge in [0, 0.05) is 5.69 Å². The summed E-state index contributed by atoms with van der Waals surface area (Å²) in [5.74, 6) is -0.926. The van der Waals surface area contributed by atoms with Gasteiger partial charge >= 0.3 is 5.97 Å². The third kappa shape index (κ3) is 3.80. The molecule has 1 unspecified atom stereocenters. The van der Waals surface area contributed by atoms with Crippen LogP contribution in [0.2, 0.25) is 0 Å². The minimum Gasteiger partial charge on any atom is -0.444 e. The van der Waals surface area contributed by atoms with Gasteiger partial charge in [-0.3, -0.25) is 0 Å². The van der Waals surface area contributed by atoms with E-state index in [1.807, 2.05) is 6.07 Å². The Kier molecular flexibility index (Phi) is 4.52. The van der Waals surface area contributed by atoms with Gasteiger partial charge in [0.25, 0.3) is 0 Å². The van der Waals surface area contributed by atoms with Gasteiger partial charge in [-0.2, -0.15) is 5.26 Å². The molecule has 0 aliphatic carbocycles. The van der Waals surface area contributed by atoms with Gasteiger partial charge in [0.15, 0.2) is 6.10 Å². The summed E-state index contributed by atoms with van der Waals surface area (Å²) >= 11 is 0. The normalized spacial score (nSPS) is 11.3. The van der Waals surface area contributed by atoms with E-state index in [1.165, 1.54) is 19.1 Å². The molecule has 0 aliphatic heterocycles. The lowest BCUT2D eigenvalue weighted by molar-refractivity contribution is 0.0436. The number of carbonyl (C=O) groups excluding carboxylic acids is 1. The molecule has 0 fully saturated rings. The fraction of sp³-hybridized carbons (Fsp3) is 0.125. The molecule has 0 spiro atoms. The van der Waals surface area contributed by atoms with E-state index in [4.69, 9.17) is 10.00 Å². The van der Waals surface area contributed by atoms with Crippen LogP contribution in [0.15, 0.2) is 48.5 Å². The highest BCUT2D eigenvalue weighted by atomic mass is 19.1. The molecule has 2 rings (SSSR count). The van der Waals surface area contributed by atoms with Crippen molar-refractivity contribution in [2.75, 3.05) is 5.32 Å². The summed E-state index contributed by atoms with van der Waals surface area (Å²) < 4.78 is 17.9. The molecule has 5 heteroatoms. The maximum atomic E-state index is 12.9. The van der Waals surface area contributed by atoms with Gasteiger partial charge in [-0.15, -0.1) is 0 Å². The zero-order valence-electron chi connectivity index (χ0n) is 11.3. The molecule has 0 saturated heterocycles. The summed E-state index contributed by atoms with van der Waals surface area (Å²) in [5.41, 5.74) is 1.48. The van der Waals surface area contributed by atoms with Crippen LogP contribution < -0.4 is 5.32 Å². The van der Waals surface area contributed by atoms with Gasteiger partial charge in [-0.05, 0) is 43.3 Å². The fourth-order valence-corrected chi connectivity index (χ4v) is 1.71. The molecular weight excluding hydrogens is 271 g/mol. The van der Waals surface area contributed by atoms with Crippen LogP contribution in [0.25, 0.3) is 0 Å². The number of rotatable bonds is 4. The lowest BCUT2D eigenvalue weighted by Crippen LogP contribution is -2.14. The number of halogens is 1. The molecule has 0 aliphatic rings. The standard InChI is InChI=1S/C16H13FN2O2/c1-11(10-18)21-16(20)14-4-2-3-5-15(14)19-13-8-6-12(17)7-9-13/h2-9,11,19H,1H3. The highest BCUT2D eigenvalue weighted by Gasteiger charge is 2.15. The minimum absolute atomic E-state index is 0.309. The van der Waals surface area contributed by atoms with Gasteiger partial charge < -0.3 is 10.1 Å². The lowest BCUT2D eigenvalue weighted by Gasteiger charge is -2.12. The van der Waals surface area contributed by atoms with E-state index in [0.29, 0.717) is 16.9 Å². The second-order valence-electron chi connectivity index (χ2n) is 4.35. The zero-order valence-corrected chi connectivity index (χ0v) is 11.3. The SMILES string of the molecule is CC(C#N)OC(=O)c1ccccc1Nc1ccc(F)cc1. The molecule has 21 heavy (non-hydrogen) atoms. The second-order valence-corrected chi connectivity index (χ2v) is 4.35. The van der Waals surface area contributed by atoms with Gasteiger partial charge in [-0.25, -0.2) is 9.18 Å². The number of anilines is 2. The van der Waals surface area contributed by atoms with E-state index in [-0.39, 0.29) is 5.82 Å². The zero-order chi connectivity index (χ0) is 15.2. The Morgan fingerprint density at radius 2 is 1.90 bits per heavy atom. The van der Waals surface area contributed by atoms with Crippen molar-refractivity contribution in [3.63, 3.8) is 0 Å². The van der Waals surface area contributed by atoms with Crippen molar-refractivity contribution in [1.82, 2.24) is 0 Å². The molecule has 2 aromatic carbocycles. The minimum atomic E-state index is -0.823. The highest BCUT2D eigenvalue weighted by Crippen LogP contribution is 2.22. The third-order valence-corrected chi connectivity index (χ3v) is 2.74. The van der Waals surface area contributed by atoms with Crippen molar-refractivity contribution >= 4 is 17.3 Å². The number of nitriles is 1. The molecule has 106 valence electrons. The molecule has 0 heterocycles. The Balaban J connectivity index is 2.22. The van der Waals surface area contributed by atoms with E-state index in [9.17, 15) is 9.18 Å². The number of nitrogens with one attached hydrogen (secondary N) is 1. The van der Waals surface area contributed by atoms with E-state index in [0.717, 1.165) is 0 Å². The van der Waals surface area contributed by atoms with Crippen LogP contribution in [0, 0.1) is 17.1 Å². The second kappa shape index (κ2) is 6.53. The lowest BCUT2D eigenvalue weighted by atomic mass is 10.1. The number of carbonyl (C=O) groups is 1. The highest BCUT2D eigenvalue weighted by molar-refractivity contribution is 5.96. The quantitative estimate of drug-likeness (QED) is 0.871. The predicted molar refractivity (Wildman–Crippen MR) is 76.6 cm³/mol. The Hall–Kier alpha value is -2.87. The maximum absolute atomic E-state index is 12.9. The van der Waals surface area contributed by atoms with Crippen LogP contribution in [-0.2, 0) is 4.74 Å². The van der Waals surface area contributed by atoms with Crippen LogP contribution >= 0.6 is 0 Å². The summed E-state index contributed by atoms with van der Waals surface area (Å²) in [6.07, 6.45) is -0.823. The first kappa shape index (κ1) is 14.5. The van der Waals surface area contributed by atoms with Gasteiger partial charge in [0.2, 0.25) is 0 Å². The number of benzene rings is 2. The van der Waals surface area contributed by atoms with E-state index in [1.54, 1.807) is 36.4 Å². The van der Waals surface area contributed by atoms with Crippen LogP contribution in [0.4, 0.5) is 15.8 Å². The van der Waals surface area contributed by atoms with E-state index < -0.39 is 12.1 Å². The number of nitrogens with zero attached hydrogens (tertiary/aromatic N) is 1. The van der Waals surface area contributed by atoms with Gasteiger partial charge in [-0.1, -0.05) is 12.1 Å². The van der Waals surface area contributed by atoms with E-state index in [2.05, 4.69) is 5.32 Å². The summed E-state index contributed by atoms with van der Waals surface area (Å²) in [7, 11) is 0. The molecule has 2 aromatic rings. The number of hydrogen-bond donors (Lipinski definition) is 1. The van der Waals surface area contributed by atoms with Gasteiger partial charge in [0.1, 0.15) is 11.9 Å². The Morgan fingerprint density at radius 1 is 1.24 bits per heavy atom. The molecular formula is C16H13FN2O2. The van der Waals surface area contributed by atoms with Crippen molar-refractivity contribution < 1.29 is 13.9 Å². The van der Waals surface area contributed by atoms with Crippen LogP contribution in [-0.4, -0.2) is 12.1 Å². The monoisotopic (exact) mass is 284 g/mol. The summed E-state index contributed by atoms with van der Waals surface area (Å²) in [4.78, 5) is 12.0. The smallest absolute Gasteiger partial charge is 0.341 e. The van der Waals surface area contributed by atoms with Crippen LogP contribution in [0.3, 0.4) is 0 Å². The Bertz CT molecular complexity index is 677. The average molecular weight is 284 g/mol. The molecule has 0 amide bonds. The Morgan fingerprint density at radius 3 is 2.57 bits per heavy atom.